The number of aromatic nitrogens is 3. The highest BCUT2D eigenvalue weighted by Crippen LogP contribution is 2.34. The van der Waals surface area contributed by atoms with E-state index in [0.717, 1.165) is 41.4 Å². The molecule has 0 radical (unpaired) electrons. The molecule has 0 unspecified atom stereocenters. The lowest BCUT2D eigenvalue weighted by Gasteiger charge is -2.21. The molecule has 1 aliphatic heterocycles. The Hall–Kier alpha value is -1.76. The van der Waals surface area contributed by atoms with Gasteiger partial charge >= 0.3 is 0 Å². The first-order chi connectivity index (χ1) is 11.0. The number of thiazole rings is 1. The van der Waals surface area contributed by atoms with Crippen molar-refractivity contribution in [3.63, 3.8) is 0 Å². The Morgan fingerprint density at radius 2 is 2.22 bits per heavy atom. The molecule has 6 nitrogen and oxygen atoms in total. The molecule has 23 heavy (non-hydrogen) atoms. The molecule has 1 amide bonds. The molecule has 0 aromatic carbocycles. The first-order valence-corrected chi connectivity index (χ1v) is 8.93. The van der Waals surface area contributed by atoms with Crippen molar-refractivity contribution in [1.29, 1.82) is 0 Å². The summed E-state index contributed by atoms with van der Waals surface area (Å²) in [4.78, 5) is 24.5. The van der Waals surface area contributed by atoms with E-state index in [0.29, 0.717) is 11.7 Å². The highest BCUT2D eigenvalue weighted by atomic mass is 32.1. The van der Waals surface area contributed by atoms with Crippen LogP contribution in [0.2, 0.25) is 0 Å². The lowest BCUT2D eigenvalue weighted by Crippen LogP contribution is -2.30. The maximum Gasteiger partial charge on any atom is 0.266 e. The molecular weight excluding hydrogens is 312 g/mol. The van der Waals surface area contributed by atoms with Crippen LogP contribution in [0.5, 0.6) is 0 Å². The number of hydrogen-bond donors (Lipinski definition) is 0. The van der Waals surface area contributed by atoms with E-state index in [1.54, 1.807) is 0 Å². The van der Waals surface area contributed by atoms with Crippen LogP contribution in [0.3, 0.4) is 0 Å². The summed E-state index contributed by atoms with van der Waals surface area (Å²) in [6.07, 6.45) is 2.59. The Balaban J connectivity index is 1.87. The zero-order valence-electron chi connectivity index (χ0n) is 14.0. The molecule has 0 aliphatic carbocycles. The second-order valence-corrected chi connectivity index (χ2v) is 7.37. The molecule has 1 saturated heterocycles. The predicted octanol–water partition coefficient (Wildman–Crippen LogP) is 3.50. The van der Waals surface area contributed by atoms with E-state index in [1.807, 2.05) is 32.6 Å². The highest BCUT2D eigenvalue weighted by Gasteiger charge is 2.36. The molecule has 1 aliphatic rings. The maximum absolute atomic E-state index is 13.0. The summed E-state index contributed by atoms with van der Waals surface area (Å²) in [7, 11) is 0. The monoisotopic (exact) mass is 334 g/mol. The number of carbonyl (C=O) groups is 1. The lowest BCUT2D eigenvalue weighted by molar-refractivity contribution is 0.0713. The summed E-state index contributed by atoms with van der Waals surface area (Å²) in [5.41, 5.74) is 0.886. The van der Waals surface area contributed by atoms with Gasteiger partial charge in [-0.15, -0.1) is 11.3 Å². The summed E-state index contributed by atoms with van der Waals surface area (Å²) in [6.45, 7) is 8.75. The van der Waals surface area contributed by atoms with Gasteiger partial charge in [0.25, 0.3) is 5.91 Å². The van der Waals surface area contributed by atoms with Crippen molar-refractivity contribution in [3.8, 4) is 0 Å². The topological polar surface area (TPSA) is 72.1 Å². The van der Waals surface area contributed by atoms with Gasteiger partial charge in [-0.05, 0) is 26.2 Å². The Labute approximate surface area is 139 Å². The van der Waals surface area contributed by atoms with Crippen LogP contribution in [0.15, 0.2) is 4.52 Å². The van der Waals surface area contributed by atoms with E-state index in [2.05, 4.69) is 15.1 Å². The molecule has 0 bridgehead atoms. The van der Waals surface area contributed by atoms with Crippen molar-refractivity contribution < 1.29 is 9.32 Å². The minimum Gasteiger partial charge on any atom is -0.337 e. The van der Waals surface area contributed by atoms with Gasteiger partial charge in [0.1, 0.15) is 10.9 Å². The van der Waals surface area contributed by atoms with Crippen molar-refractivity contribution in [2.75, 3.05) is 6.54 Å². The van der Waals surface area contributed by atoms with E-state index in [-0.39, 0.29) is 17.9 Å². The van der Waals surface area contributed by atoms with Crippen LogP contribution in [0.4, 0.5) is 0 Å². The molecular formula is C16H22N4O2S. The van der Waals surface area contributed by atoms with Gasteiger partial charge in [-0.3, -0.25) is 4.79 Å². The van der Waals surface area contributed by atoms with Crippen LogP contribution in [-0.2, 0) is 6.42 Å². The summed E-state index contributed by atoms with van der Waals surface area (Å²) >= 11 is 1.47. The predicted molar refractivity (Wildman–Crippen MR) is 87.6 cm³/mol. The highest BCUT2D eigenvalue weighted by molar-refractivity contribution is 7.13. The molecule has 2 aromatic heterocycles. The molecule has 0 N–H and O–H groups in total. The minimum absolute atomic E-state index is 0.0410. The molecule has 124 valence electrons. The molecule has 3 heterocycles. The van der Waals surface area contributed by atoms with Crippen molar-refractivity contribution in [3.05, 3.63) is 27.3 Å². The third-order valence-electron chi connectivity index (χ3n) is 4.11. The third kappa shape index (κ3) is 3.02. The number of likely N-dealkylation sites (tertiary alicyclic amines) is 1. The summed E-state index contributed by atoms with van der Waals surface area (Å²) in [6, 6.07) is -0.116. The first kappa shape index (κ1) is 16.1. The fraction of sp³-hybridized carbons (Fsp3) is 0.625. The smallest absolute Gasteiger partial charge is 0.266 e. The Morgan fingerprint density at radius 3 is 2.87 bits per heavy atom. The van der Waals surface area contributed by atoms with Gasteiger partial charge in [0.05, 0.1) is 10.7 Å². The summed E-state index contributed by atoms with van der Waals surface area (Å²) in [5, 5.41) is 4.96. The number of rotatable bonds is 4. The van der Waals surface area contributed by atoms with Gasteiger partial charge < -0.3 is 9.42 Å². The van der Waals surface area contributed by atoms with Gasteiger partial charge in [0, 0.05) is 12.5 Å². The molecule has 2 aromatic rings. The maximum atomic E-state index is 13.0. The minimum atomic E-state index is -0.116. The molecule has 0 spiro atoms. The van der Waals surface area contributed by atoms with Gasteiger partial charge in [-0.1, -0.05) is 25.9 Å². The molecule has 0 saturated carbocycles. The fourth-order valence-corrected chi connectivity index (χ4v) is 3.85. The SMILES string of the molecule is CCc1nc(C)sc1C(=O)N1CCC[C@H]1c1nc(C(C)C)no1. The van der Waals surface area contributed by atoms with Crippen LogP contribution < -0.4 is 0 Å². The fourth-order valence-electron chi connectivity index (χ4n) is 2.89. The van der Waals surface area contributed by atoms with Gasteiger partial charge in [0.2, 0.25) is 5.89 Å². The van der Waals surface area contributed by atoms with Gasteiger partial charge in [-0.2, -0.15) is 4.98 Å². The largest absolute Gasteiger partial charge is 0.337 e. The van der Waals surface area contributed by atoms with Crippen molar-refractivity contribution in [1.82, 2.24) is 20.0 Å². The third-order valence-corrected chi connectivity index (χ3v) is 5.11. The Morgan fingerprint density at radius 1 is 1.43 bits per heavy atom. The van der Waals surface area contributed by atoms with Crippen molar-refractivity contribution >= 4 is 17.2 Å². The first-order valence-electron chi connectivity index (χ1n) is 8.12. The van der Waals surface area contributed by atoms with Crippen LogP contribution in [0.25, 0.3) is 0 Å². The number of hydrogen-bond acceptors (Lipinski definition) is 6. The molecule has 1 fully saturated rings. The summed E-state index contributed by atoms with van der Waals surface area (Å²) in [5.74, 6) is 1.51. The lowest BCUT2D eigenvalue weighted by atomic mass is 10.2. The van der Waals surface area contributed by atoms with E-state index in [9.17, 15) is 4.79 Å². The van der Waals surface area contributed by atoms with E-state index < -0.39 is 0 Å². The van der Waals surface area contributed by atoms with Crippen LogP contribution in [0.1, 0.15) is 77.7 Å². The van der Waals surface area contributed by atoms with E-state index >= 15 is 0 Å². The van der Waals surface area contributed by atoms with Gasteiger partial charge in [0.15, 0.2) is 5.82 Å². The molecule has 7 heteroatoms. The van der Waals surface area contributed by atoms with Crippen LogP contribution >= 0.6 is 11.3 Å². The Bertz CT molecular complexity index is 707. The second kappa shape index (κ2) is 6.39. The second-order valence-electron chi connectivity index (χ2n) is 6.16. The van der Waals surface area contributed by atoms with Crippen molar-refractivity contribution in [2.45, 2.75) is 58.9 Å². The zero-order chi connectivity index (χ0) is 16.6. The molecule has 3 rings (SSSR count). The standard InChI is InChI=1S/C16H22N4O2S/c1-5-11-13(23-10(4)17-11)16(21)20-8-6-7-12(20)15-18-14(9(2)3)19-22-15/h9,12H,5-8H2,1-4H3/t12-/m0/s1. The number of carbonyl (C=O) groups excluding carboxylic acids is 1. The van der Waals surface area contributed by atoms with Crippen LogP contribution in [-0.4, -0.2) is 32.5 Å². The number of amides is 1. The van der Waals surface area contributed by atoms with Gasteiger partial charge in [-0.25, -0.2) is 4.98 Å². The Kier molecular flexibility index (Phi) is 4.48. The normalized spacial score (nSPS) is 18.1. The van der Waals surface area contributed by atoms with Crippen molar-refractivity contribution in [2.24, 2.45) is 0 Å². The van der Waals surface area contributed by atoms with Crippen LogP contribution in [0, 0.1) is 6.92 Å². The quantitative estimate of drug-likeness (QED) is 0.855. The zero-order valence-corrected chi connectivity index (χ0v) is 14.8. The molecule has 1 atom stereocenters. The average molecular weight is 334 g/mol. The number of nitrogens with zero attached hydrogens (tertiary/aromatic N) is 4. The van der Waals surface area contributed by atoms with E-state index in [4.69, 9.17) is 4.52 Å². The summed E-state index contributed by atoms with van der Waals surface area (Å²) < 4.78 is 5.42. The van der Waals surface area contributed by atoms with E-state index in [1.165, 1.54) is 11.3 Å². The number of aryl methyl sites for hydroxylation is 2. The average Bonchev–Trinajstić information content (AvgIpc) is 3.24.